The number of aliphatic hydroxyl groups excluding tert-OH is 2. The van der Waals surface area contributed by atoms with Crippen molar-refractivity contribution in [3.05, 3.63) is 124 Å². The number of benzene rings is 3. The van der Waals surface area contributed by atoms with Gasteiger partial charge in [-0.1, -0.05) is 72.8 Å². The Morgan fingerprint density at radius 2 is 1.55 bits per heavy atom. The summed E-state index contributed by atoms with van der Waals surface area (Å²) in [5.74, 6) is 1.01. The van der Waals surface area contributed by atoms with Crippen LogP contribution in [0.3, 0.4) is 0 Å². The lowest BCUT2D eigenvalue weighted by Gasteiger charge is -2.37. The van der Waals surface area contributed by atoms with Crippen LogP contribution in [-0.2, 0) is 5.54 Å². The van der Waals surface area contributed by atoms with Crippen LogP contribution in [0.1, 0.15) is 22.1 Å². The van der Waals surface area contributed by atoms with E-state index < -0.39 is 34.1 Å². The van der Waals surface area contributed by atoms with Crippen LogP contribution in [0.5, 0.6) is 5.75 Å². The highest BCUT2D eigenvalue weighted by atomic mass is 32.2. The first-order chi connectivity index (χ1) is 18.5. The summed E-state index contributed by atoms with van der Waals surface area (Å²) in [6.07, 6.45) is -1.59. The molecule has 3 aromatic carbocycles. The number of nitrogens with one attached hydrogen (secondary N) is 1. The van der Waals surface area contributed by atoms with Crippen molar-refractivity contribution in [1.29, 1.82) is 0 Å². The first-order valence-corrected chi connectivity index (χ1v) is 13.1. The summed E-state index contributed by atoms with van der Waals surface area (Å²) in [6, 6.07) is 29.0. The number of hydrogen-bond acceptors (Lipinski definition) is 7. The smallest absolute Gasteiger partial charge is 0.350 e. The van der Waals surface area contributed by atoms with Crippen LogP contribution in [0.2, 0.25) is 0 Å². The largest absolute Gasteiger partial charge is 0.497 e. The molecule has 1 saturated heterocycles. The van der Waals surface area contributed by atoms with E-state index >= 15 is 0 Å². The number of alkyl halides is 1. The maximum atomic E-state index is 14.8. The highest BCUT2D eigenvalue weighted by Crippen LogP contribution is 2.43. The third kappa shape index (κ3) is 4.69. The molecule has 38 heavy (non-hydrogen) atoms. The third-order valence-electron chi connectivity index (χ3n) is 6.83. The number of hydrogen-bond donors (Lipinski definition) is 3. The second-order valence-corrected chi connectivity index (χ2v) is 10.4. The number of aliphatic hydroxyl groups is 2. The standard InChI is InChI=1S/C29H28FN3O4S/c1-37-22-14-12-21(13-15-22)29(19-8-4-2-5-9-19,20-10-6-3-7-11-20)32-24-16-17-33(28(36)31-24)27-25(30)26(35)23(18-34)38-27/h2-17,23,25-27,34-35H,18H2,1H3,(H,31,32,36)/t23-,25+,26-,27-/m1/s1. The second-order valence-electron chi connectivity index (χ2n) is 9.02. The van der Waals surface area contributed by atoms with Gasteiger partial charge in [-0.3, -0.25) is 4.57 Å². The number of thioether (sulfide) groups is 1. The van der Waals surface area contributed by atoms with Crippen molar-refractivity contribution >= 4 is 17.6 Å². The van der Waals surface area contributed by atoms with E-state index in [2.05, 4.69) is 10.3 Å². The first kappa shape index (κ1) is 26.0. The fourth-order valence-electron chi connectivity index (χ4n) is 4.88. The van der Waals surface area contributed by atoms with E-state index in [9.17, 15) is 19.4 Å². The zero-order chi connectivity index (χ0) is 26.7. The molecular weight excluding hydrogens is 505 g/mol. The number of aromatic nitrogens is 2. The summed E-state index contributed by atoms with van der Waals surface area (Å²) < 4.78 is 21.3. The average molecular weight is 534 g/mol. The van der Waals surface area contributed by atoms with Gasteiger partial charge in [0.2, 0.25) is 0 Å². The van der Waals surface area contributed by atoms with Crippen LogP contribution in [0.15, 0.2) is 102 Å². The SMILES string of the molecule is COc1ccc(C(Nc2ccn([C@@H]3S[C@H](CO)[C@@H](O)[C@@H]3F)c(=O)n2)(c2ccccc2)c2ccccc2)cc1. The lowest BCUT2D eigenvalue weighted by Crippen LogP contribution is -2.39. The van der Waals surface area contributed by atoms with Crippen molar-refractivity contribution in [2.24, 2.45) is 0 Å². The summed E-state index contributed by atoms with van der Waals surface area (Å²) in [4.78, 5) is 17.4. The Balaban J connectivity index is 1.62. The highest BCUT2D eigenvalue weighted by molar-refractivity contribution is 8.00. The molecular formula is C29H28FN3O4S. The minimum absolute atomic E-state index is 0.299. The van der Waals surface area contributed by atoms with Gasteiger partial charge in [0.25, 0.3) is 0 Å². The maximum Gasteiger partial charge on any atom is 0.350 e. The van der Waals surface area contributed by atoms with Crippen LogP contribution in [0.4, 0.5) is 10.2 Å². The molecule has 0 unspecified atom stereocenters. The number of rotatable bonds is 8. The topological polar surface area (TPSA) is 96.6 Å². The van der Waals surface area contributed by atoms with Gasteiger partial charge in [0.1, 0.15) is 28.6 Å². The average Bonchev–Trinajstić information content (AvgIpc) is 3.25. The van der Waals surface area contributed by atoms with Gasteiger partial charge < -0.3 is 20.3 Å². The lowest BCUT2D eigenvalue weighted by atomic mass is 9.77. The minimum Gasteiger partial charge on any atom is -0.497 e. The van der Waals surface area contributed by atoms with Crippen LogP contribution in [-0.4, -0.2) is 51.0 Å². The summed E-state index contributed by atoms with van der Waals surface area (Å²) in [6.45, 7) is -0.386. The van der Waals surface area contributed by atoms with Gasteiger partial charge in [-0.15, -0.1) is 11.8 Å². The normalized spacial score (nSPS) is 21.3. The van der Waals surface area contributed by atoms with E-state index in [4.69, 9.17) is 4.74 Å². The number of nitrogens with zero attached hydrogens (tertiary/aromatic N) is 2. The molecule has 196 valence electrons. The van der Waals surface area contributed by atoms with Gasteiger partial charge in [0.15, 0.2) is 6.17 Å². The molecule has 0 radical (unpaired) electrons. The van der Waals surface area contributed by atoms with Crippen molar-refractivity contribution in [2.45, 2.75) is 28.4 Å². The van der Waals surface area contributed by atoms with Gasteiger partial charge in [-0.2, -0.15) is 4.98 Å². The van der Waals surface area contributed by atoms with Crippen LogP contribution in [0, 0.1) is 0 Å². The van der Waals surface area contributed by atoms with E-state index in [1.54, 1.807) is 13.2 Å². The van der Waals surface area contributed by atoms with Crippen molar-refractivity contribution in [3.63, 3.8) is 0 Å². The van der Waals surface area contributed by atoms with E-state index in [-0.39, 0.29) is 6.61 Å². The molecule has 1 aliphatic rings. The van der Waals surface area contributed by atoms with Gasteiger partial charge in [-0.25, -0.2) is 9.18 Å². The van der Waals surface area contributed by atoms with E-state index in [0.717, 1.165) is 28.5 Å². The minimum atomic E-state index is -1.71. The van der Waals surface area contributed by atoms with Crippen molar-refractivity contribution in [3.8, 4) is 5.75 Å². The number of ether oxygens (including phenoxy) is 1. The summed E-state index contributed by atoms with van der Waals surface area (Å²) in [5.41, 5.74) is 1.15. The maximum absolute atomic E-state index is 14.8. The van der Waals surface area contributed by atoms with Gasteiger partial charge in [0.05, 0.1) is 19.0 Å². The predicted molar refractivity (Wildman–Crippen MR) is 146 cm³/mol. The number of halogens is 1. The summed E-state index contributed by atoms with van der Waals surface area (Å²) in [7, 11) is 1.61. The Kier molecular flexibility index (Phi) is 7.51. The van der Waals surface area contributed by atoms with Crippen molar-refractivity contribution in [2.75, 3.05) is 19.0 Å². The Morgan fingerprint density at radius 3 is 2.05 bits per heavy atom. The summed E-state index contributed by atoms with van der Waals surface area (Å²) in [5, 5.41) is 21.4. The molecule has 1 aromatic heterocycles. The molecule has 3 N–H and O–H groups in total. The lowest BCUT2D eigenvalue weighted by molar-refractivity contribution is 0.0631. The molecule has 4 aromatic rings. The first-order valence-electron chi connectivity index (χ1n) is 12.2. The monoisotopic (exact) mass is 533 g/mol. The zero-order valence-corrected chi connectivity index (χ0v) is 21.5. The van der Waals surface area contributed by atoms with Crippen LogP contribution in [0.25, 0.3) is 0 Å². The highest BCUT2D eigenvalue weighted by Gasteiger charge is 2.45. The molecule has 2 heterocycles. The Labute approximate surface area is 224 Å². The third-order valence-corrected chi connectivity index (χ3v) is 8.37. The number of methoxy groups -OCH3 is 1. The molecule has 0 aliphatic carbocycles. The van der Waals surface area contributed by atoms with Gasteiger partial charge in [0, 0.05) is 6.20 Å². The molecule has 0 amide bonds. The second kappa shape index (κ2) is 11.0. The van der Waals surface area contributed by atoms with Crippen LogP contribution < -0.4 is 15.7 Å². The van der Waals surface area contributed by atoms with E-state index in [1.807, 2.05) is 84.9 Å². The Bertz CT molecular complexity index is 1380. The molecule has 4 atom stereocenters. The molecule has 9 heteroatoms. The molecule has 0 bridgehead atoms. The Morgan fingerprint density at radius 1 is 0.974 bits per heavy atom. The van der Waals surface area contributed by atoms with Crippen molar-refractivity contribution in [1.82, 2.24) is 9.55 Å². The Hall–Kier alpha value is -3.66. The fraction of sp³-hybridized carbons (Fsp3) is 0.241. The van der Waals surface area contributed by atoms with Crippen molar-refractivity contribution < 1.29 is 19.3 Å². The van der Waals surface area contributed by atoms with E-state index in [1.165, 1.54) is 10.8 Å². The number of anilines is 1. The van der Waals surface area contributed by atoms with E-state index in [0.29, 0.717) is 11.6 Å². The zero-order valence-electron chi connectivity index (χ0n) is 20.6. The molecule has 1 fully saturated rings. The quantitative estimate of drug-likeness (QED) is 0.295. The predicted octanol–water partition coefficient (Wildman–Crippen LogP) is 3.96. The van der Waals surface area contributed by atoms with Gasteiger partial charge in [-0.05, 0) is 34.9 Å². The van der Waals surface area contributed by atoms with Gasteiger partial charge >= 0.3 is 5.69 Å². The molecule has 5 rings (SSSR count). The van der Waals surface area contributed by atoms with Crippen LogP contribution >= 0.6 is 11.8 Å². The molecule has 0 saturated carbocycles. The molecule has 1 aliphatic heterocycles. The fourth-order valence-corrected chi connectivity index (χ4v) is 6.24. The molecule has 0 spiro atoms. The summed E-state index contributed by atoms with van der Waals surface area (Å²) >= 11 is 1.02. The molecule has 7 nitrogen and oxygen atoms in total.